The van der Waals surface area contributed by atoms with Gasteiger partial charge in [-0.2, -0.15) is 0 Å². The minimum atomic E-state index is -1.45. The first-order valence-electron chi connectivity index (χ1n) is 22.8. The Hall–Kier alpha value is -4.73. The van der Waals surface area contributed by atoms with Crippen molar-refractivity contribution < 1.29 is 87.0 Å². The molecule has 0 radical (unpaired) electrons. The Labute approximate surface area is 387 Å². The van der Waals surface area contributed by atoms with Crippen LogP contribution in [0.25, 0.3) is 0 Å². The maximum atomic E-state index is 14.1. The van der Waals surface area contributed by atoms with Crippen molar-refractivity contribution in [2.75, 3.05) is 0 Å². The van der Waals surface area contributed by atoms with Crippen LogP contribution in [-0.2, 0) is 63.4 Å². The summed E-state index contributed by atoms with van der Waals surface area (Å²) in [5.41, 5.74) is -2.01. The second kappa shape index (κ2) is 19.7. The number of hydrogen-bond donors (Lipinski definition) is 4. The molecular formula is C49H58O18. The first kappa shape index (κ1) is 48.7. The number of ketones is 4. The quantitative estimate of drug-likeness (QED) is 0.179. The summed E-state index contributed by atoms with van der Waals surface area (Å²) in [7, 11) is 0. The number of hydrogen-bond acceptors (Lipinski definition) is 17. The summed E-state index contributed by atoms with van der Waals surface area (Å²) >= 11 is 0. The fourth-order valence-corrected chi connectivity index (χ4v) is 9.72. The summed E-state index contributed by atoms with van der Waals surface area (Å²) in [6, 6.07) is 5.60. The zero-order chi connectivity index (χ0) is 48.1. The molecule has 0 amide bonds. The van der Waals surface area contributed by atoms with Crippen LogP contribution in [0.3, 0.4) is 0 Å². The normalized spacial score (nSPS) is 35.2. The molecule has 8 rings (SSSR count). The molecule has 2 aromatic rings. The molecule has 0 unspecified atom stereocenters. The van der Waals surface area contributed by atoms with E-state index >= 15 is 0 Å². The van der Waals surface area contributed by atoms with Crippen LogP contribution in [-0.4, -0.2) is 135 Å². The topological polar surface area (TPSA) is 249 Å². The van der Waals surface area contributed by atoms with E-state index in [-0.39, 0.29) is 63.9 Å². The van der Waals surface area contributed by atoms with E-state index in [9.17, 15) is 44.4 Å². The van der Waals surface area contributed by atoms with E-state index in [1.54, 1.807) is 40.7 Å². The molecule has 0 aromatic heterocycles. The van der Waals surface area contributed by atoms with Gasteiger partial charge in [-0.15, -0.1) is 0 Å². The molecule has 1 aliphatic carbocycles. The van der Waals surface area contributed by atoms with Crippen molar-refractivity contribution in [3.8, 4) is 11.5 Å². The highest BCUT2D eigenvalue weighted by Gasteiger charge is 2.44. The Morgan fingerprint density at radius 3 is 1.76 bits per heavy atom. The SMILES string of the molecule is C[C@@H]1O[C@@H](O[C@@H]2CC[C@@H](O[C@](C)(CC(=O)O)Cc3ccc4c(c3O)C(=O)c3ccc([C@H]5C[C@@H](O)[C@H](O[C@@H]6CC[C@@H](O[C@H]7C=CC(=O)[C@H](C)O7)[C@@H](C)O6)[C@@H](C)O5)c(O)c3C4=O)O[C@@H]2C)C=CC1=O. The standard InChI is InChI=1S/C49H58O18/c1-22-31(50)11-15-38(60-22)64-34-13-17-40(62-24(34)3)66-48-26(5)59-36(19-33(48)52)28-9-10-30-43(45(28)56)47(58)29-8-7-27(44(55)42(29)46(30)57)20-49(6,21-37(53)54)67-41-18-14-35(25(4)63-41)65-39-16-12-32(51)23(2)61-39/h7-12,15-16,22-26,33-36,38-41,48,52,55-56H,13-14,17-21H2,1-6H3,(H,53,54)/t22-,23-,24+,25+,26+,33+,34+,35+,36+,38-,39-,40+,41+,48+,49-/m0/s1. The molecule has 67 heavy (non-hydrogen) atoms. The molecule has 4 N–H and O–H groups in total. The Balaban J connectivity index is 0.909. The summed E-state index contributed by atoms with van der Waals surface area (Å²) in [6.07, 6.45) is -2.21. The zero-order valence-corrected chi connectivity index (χ0v) is 38.2. The molecular weight excluding hydrogens is 877 g/mol. The van der Waals surface area contributed by atoms with Gasteiger partial charge in [-0.25, -0.2) is 0 Å². The highest BCUT2D eigenvalue weighted by Crippen LogP contribution is 2.45. The lowest BCUT2D eigenvalue weighted by Gasteiger charge is -2.42. The number of aliphatic hydroxyl groups is 1. The highest BCUT2D eigenvalue weighted by atomic mass is 16.7. The number of phenolic OH excluding ortho intramolecular Hbond substituents is 2. The van der Waals surface area contributed by atoms with Gasteiger partial charge >= 0.3 is 5.97 Å². The molecule has 3 fully saturated rings. The highest BCUT2D eigenvalue weighted by molar-refractivity contribution is 6.30. The van der Waals surface area contributed by atoms with Crippen LogP contribution in [0.15, 0.2) is 48.6 Å². The van der Waals surface area contributed by atoms with Gasteiger partial charge in [0.2, 0.25) is 0 Å². The van der Waals surface area contributed by atoms with Crippen molar-refractivity contribution in [1.29, 1.82) is 0 Å². The van der Waals surface area contributed by atoms with Crippen LogP contribution < -0.4 is 0 Å². The van der Waals surface area contributed by atoms with E-state index in [1.807, 2.05) is 6.92 Å². The monoisotopic (exact) mass is 934 g/mol. The predicted molar refractivity (Wildman–Crippen MR) is 231 cm³/mol. The van der Waals surface area contributed by atoms with E-state index < -0.39 is 121 Å². The molecule has 362 valence electrons. The van der Waals surface area contributed by atoms with Crippen molar-refractivity contribution >= 4 is 29.1 Å². The summed E-state index contributed by atoms with van der Waals surface area (Å²) < 4.78 is 54.4. The number of ether oxygens (including phenoxy) is 9. The van der Waals surface area contributed by atoms with E-state index in [2.05, 4.69) is 0 Å². The van der Waals surface area contributed by atoms with Gasteiger partial charge < -0.3 is 63.1 Å². The maximum absolute atomic E-state index is 14.1. The lowest BCUT2D eigenvalue weighted by molar-refractivity contribution is -0.292. The fraction of sp³-hybridized carbons (Fsp3) is 0.571. The molecule has 6 aliphatic rings. The Kier molecular flexibility index (Phi) is 14.3. The number of aliphatic carboxylic acids is 1. The number of benzene rings is 2. The van der Waals surface area contributed by atoms with Gasteiger partial charge in [0.25, 0.3) is 0 Å². The van der Waals surface area contributed by atoms with E-state index in [0.29, 0.717) is 25.7 Å². The molecule has 15 atom stereocenters. The van der Waals surface area contributed by atoms with Gasteiger partial charge in [-0.3, -0.25) is 24.0 Å². The van der Waals surface area contributed by atoms with Crippen molar-refractivity contribution in [1.82, 2.24) is 0 Å². The Morgan fingerprint density at radius 2 is 1.22 bits per heavy atom. The summed E-state index contributed by atoms with van der Waals surface area (Å²) in [5, 5.41) is 44.6. The third-order valence-corrected chi connectivity index (χ3v) is 13.3. The van der Waals surface area contributed by atoms with Gasteiger partial charge in [0, 0.05) is 42.4 Å². The molecule has 18 nitrogen and oxygen atoms in total. The van der Waals surface area contributed by atoms with Crippen molar-refractivity contribution in [3.05, 3.63) is 82.0 Å². The van der Waals surface area contributed by atoms with Crippen molar-refractivity contribution in [3.63, 3.8) is 0 Å². The third-order valence-electron chi connectivity index (χ3n) is 13.3. The minimum Gasteiger partial charge on any atom is -0.507 e. The summed E-state index contributed by atoms with van der Waals surface area (Å²) in [4.78, 5) is 64.0. The second-order valence-electron chi connectivity index (χ2n) is 18.5. The van der Waals surface area contributed by atoms with Gasteiger partial charge in [0.05, 0.1) is 65.9 Å². The van der Waals surface area contributed by atoms with Gasteiger partial charge in [0.1, 0.15) is 29.8 Å². The average molecular weight is 935 g/mol. The number of phenols is 2. The second-order valence-corrected chi connectivity index (χ2v) is 18.5. The van der Waals surface area contributed by atoms with Crippen LogP contribution in [0.5, 0.6) is 11.5 Å². The van der Waals surface area contributed by atoms with Crippen LogP contribution in [0.2, 0.25) is 0 Å². The maximum Gasteiger partial charge on any atom is 0.306 e. The number of rotatable bonds is 13. The number of carboxylic acids is 1. The lowest BCUT2D eigenvalue weighted by Crippen LogP contribution is -2.50. The molecule has 0 saturated carbocycles. The number of carboxylic acid groups (broad SMARTS) is 1. The average Bonchev–Trinajstić information content (AvgIpc) is 3.26. The molecule has 5 heterocycles. The Morgan fingerprint density at radius 1 is 0.687 bits per heavy atom. The predicted octanol–water partition coefficient (Wildman–Crippen LogP) is 4.82. The molecule has 0 bridgehead atoms. The van der Waals surface area contributed by atoms with Gasteiger partial charge in [0.15, 0.2) is 48.3 Å². The van der Waals surface area contributed by atoms with Crippen molar-refractivity contribution in [2.45, 2.75) is 178 Å². The first-order chi connectivity index (χ1) is 31.8. The summed E-state index contributed by atoms with van der Waals surface area (Å²) in [6.45, 7) is 10.2. The van der Waals surface area contributed by atoms with Crippen LogP contribution >= 0.6 is 0 Å². The zero-order valence-electron chi connectivity index (χ0n) is 38.2. The van der Waals surface area contributed by atoms with Crippen LogP contribution in [0.1, 0.15) is 129 Å². The van der Waals surface area contributed by atoms with E-state index in [1.165, 1.54) is 42.5 Å². The largest absolute Gasteiger partial charge is 0.507 e. The number of carbonyl (C=O) groups excluding carboxylic acids is 4. The molecule has 0 spiro atoms. The van der Waals surface area contributed by atoms with Gasteiger partial charge in [-0.05, 0) is 96.4 Å². The summed E-state index contributed by atoms with van der Waals surface area (Å²) in [5.74, 6) is -3.95. The van der Waals surface area contributed by atoms with Gasteiger partial charge in [-0.1, -0.05) is 12.1 Å². The number of aliphatic hydroxyl groups excluding tert-OH is 1. The number of aromatic hydroxyl groups is 2. The minimum absolute atomic E-state index is 0.0215. The third kappa shape index (κ3) is 10.3. The van der Waals surface area contributed by atoms with Crippen LogP contribution in [0, 0.1) is 0 Å². The molecule has 5 aliphatic heterocycles. The molecule has 18 heteroatoms. The van der Waals surface area contributed by atoms with Crippen LogP contribution in [0.4, 0.5) is 0 Å². The molecule has 3 saturated heterocycles. The van der Waals surface area contributed by atoms with E-state index in [4.69, 9.17) is 42.6 Å². The smallest absolute Gasteiger partial charge is 0.306 e. The fourth-order valence-electron chi connectivity index (χ4n) is 9.72. The number of fused-ring (bicyclic) bond motifs is 2. The molecule has 2 aromatic carbocycles. The van der Waals surface area contributed by atoms with E-state index in [0.717, 1.165) is 0 Å². The first-order valence-corrected chi connectivity index (χ1v) is 22.8. The number of carbonyl (C=O) groups is 5. The van der Waals surface area contributed by atoms with Crippen molar-refractivity contribution in [2.24, 2.45) is 0 Å². The lowest BCUT2D eigenvalue weighted by atomic mass is 9.79. The Bertz CT molecular complexity index is 2310.